The van der Waals surface area contributed by atoms with E-state index < -0.39 is 0 Å². The van der Waals surface area contributed by atoms with Crippen molar-refractivity contribution < 1.29 is 19.0 Å². The van der Waals surface area contributed by atoms with Crippen molar-refractivity contribution in [1.29, 1.82) is 0 Å². The van der Waals surface area contributed by atoms with Gasteiger partial charge in [0.1, 0.15) is 24.2 Å². The summed E-state index contributed by atoms with van der Waals surface area (Å²) in [5.41, 5.74) is 2.84. The minimum atomic E-state index is -0.305. The van der Waals surface area contributed by atoms with Gasteiger partial charge in [0.05, 0.1) is 6.61 Å². The minimum Gasteiger partial charge on any atom is -0.490 e. The Morgan fingerprint density at radius 3 is 2.61 bits per heavy atom. The van der Waals surface area contributed by atoms with E-state index in [1.165, 1.54) is 6.92 Å². The molecule has 4 nitrogen and oxygen atoms in total. The number of ether oxygens (including phenoxy) is 3. The predicted molar refractivity (Wildman–Crippen MR) is 67.2 cm³/mol. The number of aryl methyl sites for hydroxylation is 1. The standard InChI is InChI=1S/C14H18O4/c1-8-5-13(17-7-12-6-16-12)9(2)10(3)14(8)18-11(4)15/h5,12H,6-7H2,1-4H3/t12-/m0/s1. The van der Waals surface area contributed by atoms with Crippen LogP contribution in [-0.4, -0.2) is 25.3 Å². The minimum absolute atomic E-state index is 0.234. The molecule has 0 aliphatic carbocycles. The number of rotatable bonds is 4. The fourth-order valence-electron chi connectivity index (χ4n) is 1.82. The van der Waals surface area contributed by atoms with Gasteiger partial charge in [-0.1, -0.05) is 0 Å². The van der Waals surface area contributed by atoms with Gasteiger partial charge in [-0.15, -0.1) is 0 Å². The summed E-state index contributed by atoms with van der Waals surface area (Å²) >= 11 is 0. The van der Waals surface area contributed by atoms with Crippen molar-refractivity contribution in [2.24, 2.45) is 0 Å². The van der Waals surface area contributed by atoms with Crippen molar-refractivity contribution in [1.82, 2.24) is 0 Å². The van der Waals surface area contributed by atoms with Gasteiger partial charge in [-0.3, -0.25) is 4.79 Å². The van der Waals surface area contributed by atoms with Crippen molar-refractivity contribution in [3.63, 3.8) is 0 Å². The van der Waals surface area contributed by atoms with Crippen LogP contribution < -0.4 is 9.47 Å². The highest BCUT2D eigenvalue weighted by Crippen LogP contribution is 2.33. The Morgan fingerprint density at radius 2 is 2.06 bits per heavy atom. The third kappa shape index (κ3) is 2.82. The summed E-state index contributed by atoms with van der Waals surface area (Å²) in [6, 6.07) is 1.91. The normalized spacial score (nSPS) is 17.4. The van der Waals surface area contributed by atoms with Gasteiger partial charge in [-0.2, -0.15) is 0 Å². The highest BCUT2D eigenvalue weighted by Gasteiger charge is 2.24. The second kappa shape index (κ2) is 4.98. The van der Waals surface area contributed by atoms with Crippen LogP contribution in [-0.2, 0) is 9.53 Å². The zero-order chi connectivity index (χ0) is 13.3. The summed E-state index contributed by atoms with van der Waals surface area (Å²) < 4.78 is 16.1. The van der Waals surface area contributed by atoms with E-state index >= 15 is 0 Å². The molecule has 0 aromatic heterocycles. The number of esters is 1. The largest absolute Gasteiger partial charge is 0.490 e. The van der Waals surface area contributed by atoms with Gasteiger partial charge >= 0.3 is 5.97 Å². The molecule has 98 valence electrons. The summed E-state index contributed by atoms with van der Waals surface area (Å²) in [5.74, 6) is 1.16. The fourth-order valence-corrected chi connectivity index (χ4v) is 1.82. The average Bonchev–Trinajstić information content (AvgIpc) is 3.11. The highest BCUT2D eigenvalue weighted by molar-refractivity contribution is 5.71. The fraction of sp³-hybridized carbons (Fsp3) is 0.500. The molecule has 0 amide bonds. The summed E-state index contributed by atoms with van der Waals surface area (Å²) in [5, 5.41) is 0. The molecule has 18 heavy (non-hydrogen) atoms. The summed E-state index contributed by atoms with van der Waals surface area (Å²) in [6.07, 6.45) is 0.234. The number of epoxide rings is 1. The number of hydrogen-bond donors (Lipinski definition) is 0. The zero-order valence-electron chi connectivity index (χ0n) is 11.2. The Kier molecular flexibility index (Phi) is 3.57. The van der Waals surface area contributed by atoms with Crippen LogP contribution in [0.2, 0.25) is 0 Å². The Balaban J connectivity index is 2.24. The van der Waals surface area contributed by atoms with Gasteiger partial charge in [0.2, 0.25) is 0 Å². The maximum atomic E-state index is 11.1. The first-order valence-electron chi connectivity index (χ1n) is 6.02. The van der Waals surface area contributed by atoms with E-state index in [2.05, 4.69) is 0 Å². The predicted octanol–water partition coefficient (Wildman–Crippen LogP) is 2.31. The van der Waals surface area contributed by atoms with Crippen molar-refractivity contribution in [3.8, 4) is 11.5 Å². The smallest absolute Gasteiger partial charge is 0.308 e. The monoisotopic (exact) mass is 250 g/mol. The van der Waals surface area contributed by atoms with Crippen molar-refractivity contribution >= 4 is 5.97 Å². The van der Waals surface area contributed by atoms with Crippen LogP contribution in [0, 0.1) is 20.8 Å². The van der Waals surface area contributed by atoms with Crippen LogP contribution >= 0.6 is 0 Å². The van der Waals surface area contributed by atoms with Gasteiger partial charge in [-0.25, -0.2) is 0 Å². The molecule has 1 aromatic carbocycles. The molecule has 1 aromatic rings. The van der Waals surface area contributed by atoms with Gasteiger partial charge in [0.15, 0.2) is 0 Å². The number of carbonyl (C=O) groups excluding carboxylic acids is 1. The van der Waals surface area contributed by atoms with E-state index in [1.54, 1.807) is 0 Å². The Bertz CT molecular complexity index is 475. The third-order valence-electron chi connectivity index (χ3n) is 3.05. The average molecular weight is 250 g/mol. The van der Waals surface area contributed by atoms with E-state index in [-0.39, 0.29) is 12.1 Å². The van der Waals surface area contributed by atoms with Gasteiger partial charge in [-0.05, 0) is 43.5 Å². The quantitative estimate of drug-likeness (QED) is 0.467. The molecule has 0 saturated carbocycles. The van der Waals surface area contributed by atoms with Crippen LogP contribution in [0.1, 0.15) is 23.6 Å². The molecule has 1 atom stereocenters. The van der Waals surface area contributed by atoms with E-state index in [9.17, 15) is 4.79 Å². The maximum Gasteiger partial charge on any atom is 0.308 e. The molecular weight excluding hydrogens is 232 g/mol. The second-order valence-corrected chi connectivity index (χ2v) is 4.63. The highest BCUT2D eigenvalue weighted by atomic mass is 16.6. The molecule has 1 saturated heterocycles. The van der Waals surface area contributed by atoms with E-state index in [4.69, 9.17) is 14.2 Å². The van der Waals surface area contributed by atoms with Crippen LogP contribution in [0.5, 0.6) is 11.5 Å². The molecule has 2 rings (SSSR count). The lowest BCUT2D eigenvalue weighted by atomic mass is 10.0. The maximum absolute atomic E-state index is 11.1. The SMILES string of the molecule is CC(=O)Oc1c(C)cc(OC[C@@H]2CO2)c(C)c1C. The molecule has 1 aliphatic rings. The number of benzene rings is 1. The van der Waals surface area contributed by atoms with Crippen LogP contribution in [0.25, 0.3) is 0 Å². The summed E-state index contributed by atoms with van der Waals surface area (Å²) in [4.78, 5) is 11.1. The van der Waals surface area contributed by atoms with Gasteiger partial charge < -0.3 is 14.2 Å². The molecule has 0 radical (unpaired) electrons. The van der Waals surface area contributed by atoms with E-state index in [0.29, 0.717) is 12.4 Å². The molecule has 1 heterocycles. The van der Waals surface area contributed by atoms with E-state index in [0.717, 1.165) is 29.0 Å². The lowest BCUT2D eigenvalue weighted by molar-refractivity contribution is -0.131. The van der Waals surface area contributed by atoms with Crippen LogP contribution in [0.15, 0.2) is 6.07 Å². The van der Waals surface area contributed by atoms with E-state index in [1.807, 2.05) is 26.8 Å². The zero-order valence-corrected chi connectivity index (χ0v) is 11.2. The van der Waals surface area contributed by atoms with Crippen molar-refractivity contribution in [2.45, 2.75) is 33.8 Å². The van der Waals surface area contributed by atoms with Crippen molar-refractivity contribution in [2.75, 3.05) is 13.2 Å². The molecule has 1 aliphatic heterocycles. The Labute approximate surface area is 107 Å². The second-order valence-electron chi connectivity index (χ2n) is 4.63. The van der Waals surface area contributed by atoms with Gasteiger partial charge in [0.25, 0.3) is 0 Å². The molecule has 0 unspecified atom stereocenters. The molecule has 0 spiro atoms. The summed E-state index contributed by atoms with van der Waals surface area (Å²) in [7, 11) is 0. The first kappa shape index (κ1) is 12.9. The lowest BCUT2D eigenvalue weighted by Gasteiger charge is -2.16. The van der Waals surface area contributed by atoms with Crippen molar-refractivity contribution in [3.05, 3.63) is 22.8 Å². The van der Waals surface area contributed by atoms with Crippen LogP contribution in [0.3, 0.4) is 0 Å². The molecule has 0 bridgehead atoms. The third-order valence-corrected chi connectivity index (χ3v) is 3.05. The lowest BCUT2D eigenvalue weighted by Crippen LogP contribution is -2.09. The molecule has 4 heteroatoms. The molecule has 1 fully saturated rings. The topological polar surface area (TPSA) is 48.1 Å². The van der Waals surface area contributed by atoms with Gasteiger partial charge in [0, 0.05) is 6.92 Å². The number of carbonyl (C=O) groups is 1. The van der Waals surface area contributed by atoms with Crippen LogP contribution in [0.4, 0.5) is 0 Å². The first-order valence-corrected chi connectivity index (χ1v) is 6.02. The molecule has 0 N–H and O–H groups in total. The Morgan fingerprint density at radius 1 is 1.39 bits per heavy atom. The Hall–Kier alpha value is -1.55. The molecular formula is C14H18O4. The number of hydrogen-bond acceptors (Lipinski definition) is 4. The first-order chi connectivity index (χ1) is 8.49. The summed E-state index contributed by atoms with van der Waals surface area (Å²) in [6.45, 7) is 8.56.